The predicted octanol–water partition coefficient (Wildman–Crippen LogP) is 1.30. The van der Waals surface area contributed by atoms with Gasteiger partial charge in [-0.1, -0.05) is 6.92 Å². The molecule has 0 aromatic carbocycles. The highest BCUT2D eigenvalue weighted by Gasteiger charge is 2.47. The van der Waals surface area contributed by atoms with Gasteiger partial charge in [0.05, 0.1) is 18.3 Å². The van der Waals surface area contributed by atoms with Crippen molar-refractivity contribution in [3.8, 4) is 0 Å². The number of ether oxygens (including phenoxy) is 2. The Morgan fingerprint density at radius 1 is 1.23 bits per heavy atom. The Labute approximate surface area is 79.0 Å². The van der Waals surface area contributed by atoms with E-state index in [1.165, 1.54) is 0 Å². The van der Waals surface area contributed by atoms with Crippen LogP contribution >= 0.6 is 0 Å². The first-order chi connectivity index (χ1) is 5.98. The highest BCUT2D eigenvalue weighted by atomic mass is 16.8. The summed E-state index contributed by atoms with van der Waals surface area (Å²) >= 11 is 0. The van der Waals surface area contributed by atoms with Gasteiger partial charge in [-0.25, -0.2) is 0 Å². The van der Waals surface area contributed by atoms with Crippen LogP contribution in [-0.2, 0) is 9.47 Å². The lowest BCUT2D eigenvalue weighted by Gasteiger charge is -2.31. The van der Waals surface area contributed by atoms with Gasteiger partial charge in [-0.15, -0.1) is 0 Å². The fourth-order valence-electron chi connectivity index (χ4n) is 2.46. The summed E-state index contributed by atoms with van der Waals surface area (Å²) < 4.78 is 11.5. The fourth-order valence-corrected chi connectivity index (χ4v) is 2.46. The summed E-state index contributed by atoms with van der Waals surface area (Å²) in [4.78, 5) is 0. The van der Waals surface area contributed by atoms with E-state index in [0.29, 0.717) is 5.92 Å². The molecule has 2 fully saturated rings. The normalized spacial score (nSPS) is 48.9. The molecule has 1 N–H and O–H groups in total. The molecule has 4 atom stereocenters. The largest absolute Gasteiger partial charge is 0.393 e. The highest BCUT2D eigenvalue weighted by molar-refractivity contribution is 4.91. The van der Waals surface area contributed by atoms with Crippen molar-refractivity contribution in [1.82, 2.24) is 0 Å². The van der Waals surface area contributed by atoms with Crippen molar-refractivity contribution in [3.05, 3.63) is 0 Å². The van der Waals surface area contributed by atoms with Crippen LogP contribution in [0.2, 0.25) is 0 Å². The Bertz CT molecular complexity index is 202. The minimum absolute atomic E-state index is 0.0914. The molecule has 13 heavy (non-hydrogen) atoms. The Morgan fingerprint density at radius 2 is 1.92 bits per heavy atom. The van der Waals surface area contributed by atoms with E-state index in [9.17, 15) is 5.11 Å². The topological polar surface area (TPSA) is 38.7 Å². The molecule has 0 aromatic rings. The Hall–Kier alpha value is -0.120. The summed E-state index contributed by atoms with van der Waals surface area (Å²) in [5.41, 5.74) is 0. The average Bonchev–Trinajstić information content (AvgIpc) is 2.23. The summed E-state index contributed by atoms with van der Waals surface area (Å²) in [5.74, 6) is -0.0660. The first-order valence-electron chi connectivity index (χ1n) is 5.01. The molecule has 76 valence electrons. The van der Waals surface area contributed by atoms with E-state index in [0.717, 1.165) is 12.8 Å². The zero-order valence-electron chi connectivity index (χ0n) is 8.49. The number of aliphatic hydroxyl groups is 1. The summed E-state index contributed by atoms with van der Waals surface area (Å²) in [5, 5.41) is 9.56. The third kappa shape index (κ3) is 1.73. The number of aliphatic hydroxyl groups excluding tert-OH is 1. The molecule has 0 aromatic heterocycles. The molecule has 2 rings (SSSR count). The molecule has 0 spiro atoms. The molecule has 1 heterocycles. The van der Waals surface area contributed by atoms with Gasteiger partial charge < -0.3 is 14.6 Å². The SMILES string of the molecule is C[C@H]1C[C@@H](O)C[C@@H]2OC(C)(C)O[C@@H]21. The summed E-state index contributed by atoms with van der Waals surface area (Å²) in [6.45, 7) is 5.99. The molecule has 3 nitrogen and oxygen atoms in total. The highest BCUT2D eigenvalue weighted by Crippen LogP contribution is 2.39. The lowest BCUT2D eigenvalue weighted by molar-refractivity contribution is -0.148. The minimum Gasteiger partial charge on any atom is -0.393 e. The van der Waals surface area contributed by atoms with Crippen molar-refractivity contribution in [2.75, 3.05) is 0 Å². The number of hydrogen-bond donors (Lipinski definition) is 1. The van der Waals surface area contributed by atoms with Crippen LogP contribution in [0.1, 0.15) is 33.6 Å². The van der Waals surface area contributed by atoms with Gasteiger partial charge in [0.2, 0.25) is 0 Å². The van der Waals surface area contributed by atoms with Crippen molar-refractivity contribution in [2.45, 2.75) is 57.7 Å². The van der Waals surface area contributed by atoms with E-state index in [2.05, 4.69) is 6.92 Å². The molecule has 1 aliphatic carbocycles. The van der Waals surface area contributed by atoms with Crippen LogP contribution in [0.4, 0.5) is 0 Å². The summed E-state index contributed by atoms with van der Waals surface area (Å²) in [7, 11) is 0. The minimum atomic E-state index is -0.465. The molecular weight excluding hydrogens is 168 g/mol. The van der Waals surface area contributed by atoms with Gasteiger partial charge in [0.25, 0.3) is 0 Å². The van der Waals surface area contributed by atoms with E-state index in [1.54, 1.807) is 0 Å². The smallest absolute Gasteiger partial charge is 0.163 e. The van der Waals surface area contributed by atoms with Gasteiger partial charge in [0.15, 0.2) is 5.79 Å². The molecule has 0 unspecified atom stereocenters. The van der Waals surface area contributed by atoms with Gasteiger partial charge in [-0.3, -0.25) is 0 Å². The van der Waals surface area contributed by atoms with Crippen LogP contribution in [-0.4, -0.2) is 29.2 Å². The van der Waals surface area contributed by atoms with E-state index in [4.69, 9.17) is 9.47 Å². The van der Waals surface area contributed by atoms with Crippen molar-refractivity contribution >= 4 is 0 Å². The third-order valence-electron chi connectivity index (χ3n) is 2.93. The zero-order valence-corrected chi connectivity index (χ0v) is 8.49. The van der Waals surface area contributed by atoms with E-state index in [1.807, 2.05) is 13.8 Å². The number of fused-ring (bicyclic) bond motifs is 1. The molecule has 1 saturated heterocycles. The molecular formula is C10H18O3. The average molecular weight is 186 g/mol. The van der Waals surface area contributed by atoms with E-state index in [-0.39, 0.29) is 18.3 Å². The van der Waals surface area contributed by atoms with Crippen molar-refractivity contribution < 1.29 is 14.6 Å². The van der Waals surface area contributed by atoms with Crippen LogP contribution in [0, 0.1) is 5.92 Å². The summed E-state index contributed by atoms with van der Waals surface area (Å²) in [6.07, 6.45) is 1.61. The lowest BCUT2D eigenvalue weighted by Crippen LogP contribution is -2.39. The molecule has 2 aliphatic rings. The number of rotatable bonds is 0. The second-order valence-electron chi connectivity index (χ2n) is 4.74. The molecule has 0 radical (unpaired) electrons. The van der Waals surface area contributed by atoms with Crippen LogP contribution < -0.4 is 0 Å². The van der Waals surface area contributed by atoms with Gasteiger partial charge in [0.1, 0.15) is 0 Å². The van der Waals surface area contributed by atoms with Crippen LogP contribution in [0.25, 0.3) is 0 Å². The van der Waals surface area contributed by atoms with Crippen LogP contribution in [0.5, 0.6) is 0 Å². The van der Waals surface area contributed by atoms with Gasteiger partial charge >= 0.3 is 0 Å². The molecule has 0 bridgehead atoms. The van der Waals surface area contributed by atoms with Crippen LogP contribution in [0.15, 0.2) is 0 Å². The van der Waals surface area contributed by atoms with Gasteiger partial charge in [0, 0.05) is 6.42 Å². The standard InChI is InChI=1S/C10H18O3/c1-6-4-7(11)5-8-9(6)13-10(2,3)12-8/h6-9,11H,4-5H2,1-3H3/t6-,7+,8-,9+/m0/s1. The van der Waals surface area contributed by atoms with Gasteiger partial charge in [-0.05, 0) is 26.2 Å². The monoisotopic (exact) mass is 186 g/mol. The second kappa shape index (κ2) is 2.94. The quantitative estimate of drug-likeness (QED) is 0.619. The number of hydrogen-bond acceptors (Lipinski definition) is 3. The predicted molar refractivity (Wildman–Crippen MR) is 48.2 cm³/mol. The van der Waals surface area contributed by atoms with E-state index < -0.39 is 5.79 Å². The first-order valence-corrected chi connectivity index (χ1v) is 5.01. The maximum absolute atomic E-state index is 9.56. The first kappa shape index (κ1) is 9.44. The Morgan fingerprint density at radius 3 is 2.62 bits per heavy atom. The van der Waals surface area contributed by atoms with Crippen molar-refractivity contribution in [2.24, 2.45) is 5.92 Å². The Balaban J connectivity index is 2.10. The van der Waals surface area contributed by atoms with Gasteiger partial charge in [-0.2, -0.15) is 0 Å². The maximum Gasteiger partial charge on any atom is 0.163 e. The molecule has 1 saturated carbocycles. The lowest BCUT2D eigenvalue weighted by atomic mass is 9.84. The summed E-state index contributed by atoms with van der Waals surface area (Å²) in [6, 6.07) is 0. The molecule has 0 amide bonds. The fraction of sp³-hybridized carbons (Fsp3) is 1.00. The zero-order chi connectivity index (χ0) is 9.64. The third-order valence-corrected chi connectivity index (χ3v) is 2.93. The van der Waals surface area contributed by atoms with Crippen molar-refractivity contribution in [1.29, 1.82) is 0 Å². The maximum atomic E-state index is 9.56. The van der Waals surface area contributed by atoms with Crippen LogP contribution in [0.3, 0.4) is 0 Å². The second-order valence-corrected chi connectivity index (χ2v) is 4.74. The molecule has 3 heteroatoms. The van der Waals surface area contributed by atoms with E-state index >= 15 is 0 Å². The molecule has 1 aliphatic heterocycles. The Kier molecular flexibility index (Phi) is 2.13. The van der Waals surface area contributed by atoms with Crippen molar-refractivity contribution in [3.63, 3.8) is 0 Å².